The van der Waals surface area contributed by atoms with Crippen LogP contribution in [0.3, 0.4) is 0 Å². The first-order valence-electron chi connectivity index (χ1n) is 6.09. The van der Waals surface area contributed by atoms with Gasteiger partial charge in [-0.2, -0.15) is 0 Å². The van der Waals surface area contributed by atoms with Gasteiger partial charge in [-0.15, -0.1) is 0 Å². The molecule has 92 valence electrons. The predicted molar refractivity (Wildman–Crippen MR) is 60.2 cm³/mol. The zero-order chi connectivity index (χ0) is 11.6. The van der Waals surface area contributed by atoms with E-state index in [2.05, 4.69) is 5.32 Å². The van der Waals surface area contributed by atoms with Crippen molar-refractivity contribution in [2.45, 2.75) is 56.2 Å². The van der Waals surface area contributed by atoms with E-state index in [4.69, 9.17) is 9.47 Å². The van der Waals surface area contributed by atoms with Crippen LogP contribution in [0.15, 0.2) is 0 Å². The van der Waals surface area contributed by atoms with Crippen LogP contribution in [0, 0.1) is 0 Å². The highest BCUT2D eigenvalue weighted by Crippen LogP contribution is 2.34. The molecule has 0 bridgehead atoms. The van der Waals surface area contributed by atoms with E-state index >= 15 is 0 Å². The van der Waals surface area contributed by atoms with Gasteiger partial charge in [-0.1, -0.05) is 0 Å². The normalized spacial score (nSPS) is 34.8. The minimum atomic E-state index is -0.440. The van der Waals surface area contributed by atoms with Crippen LogP contribution in [0.2, 0.25) is 0 Å². The van der Waals surface area contributed by atoms with Crippen LogP contribution in [0.25, 0.3) is 0 Å². The quantitative estimate of drug-likeness (QED) is 0.734. The number of hydrogen-bond acceptors (Lipinski definition) is 4. The summed E-state index contributed by atoms with van der Waals surface area (Å²) < 4.78 is 10.3. The molecule has 2 fully saturated rings. The Balaban J connectivity index is 2.00. The summed E-state index contributed by atoms with van der Waals surface area (Å²) in [6.45, 7) is 0. The molecule has 16 heavy (non-hydrogen) atoms. The van der Waals surface area contributed by atoms with Crippen molar-refractivity contribution in [1.82, 2.24) is 5.32 Å². The van der Waals surface area contributed by atoms with Gasteiger partial charge >= 0.3 is 5.97 Å². The molecule has 4 heteroatoms. The fourth-order valence-electron chi connectivity index (χ4n) is 2.54. The molecular weight excluding hydrogens is 206 g/mol. The zero-order valence-corrected chi connectivity index (χ0v) is 10.1. The van der Waals surface area contributed by atoms with E-state index < -0.39 is 5.54 Å². The first-order valence-corrected chi connectivity index (χ1v) is 6.09. The first-order chi connectivity index (χ1) is 7.70. The predicted octanol–water partition coefficient (Wildman–Crippen LogP) is 1.24. The summed E-state index contributed by atoms with van der Waals surface area (Å²) >= 11 is 0. The van der Waals surface area contributed by atoms with Crippen molar-refractivity contribution < 1.29 is 14.3 Å². The molecule has 4 nitrogen and oxygen atoms in total. The smallest absolute Gasteiger partial charge is 0.326 e. The summed E-state index contributed by atoms with van der Waals surface area (Å²) in [5.41, 5.74) is -0.440. The second-order valence-corrected chi connectivity index (χ2v) is 4.93. The Bertz CT molecular complexity index is 255. The molecule has 0 radical (unpaired) electrons. The van der Waals surface area contributed by atoms with Crippen LogP contribution < -0.4 is 5.32 Å². The van der Waals surface area contributed by atoms with Gasteiger partial charge in [0.1, 0.15) is 5.54 Å². The van der Waals surface area contributed by atoms with E-state index in [-0.39, 0.29) is 5.97 Å². The summed E-state index contributed by atoms with van der Waals surface area (Å²) in [4.78, 5) is 11.9. The van der Waals surface area contributed by atoms with Gasteiger partial charge in [-0.25, -0.2) is 0 Å². The molecule has 1 N–H and O–H groups in total. The first kappa shape index (κ1) is 11.9. The molecule has 0 spiro atoms. The number of esters is 1. The molecule has 0 aromatic rings. The number of hydrogen-bond donors (Lipinski definition) is 1. The molecule has 0 heterocycles. The Kier molecular flexibility index (Phi) is 3.50. The minimum absolute atomic E-state index is 0.103. The van der Waals surface area contributed by atoms with E-state index in [0.717, 1.165) is 25.7 Å². The maximum absolute atomic E-state index is 11.9. The Morgan fingerprint density at radius 2 is 1.81 bits per heavy atom. The third kappa shape index (κ3) is 2.38. The Hall–Kier alpha value is -0.610. The van der Waals surface area contributed by atoms with Crippen LogP contribution >= 0.6 is 0 Å². The summed E-state index contributed by atoms with van der Waals surface area (Å²) in [5, 5.41) is 3.47. The molecule has 2 saturated carbocycles. The maximum atomic E-state index is 11.9. The third-order valence-corrected chi connectivity index (χ3v) is 3.75. The Morgan fingerprint density at radius 3 is 2.25 bits per heavy atom. The lowest BCUT2D eigenvalue weighted by molar-refractivity contribution is -0.151. The van der Waals surface area contributed by atoms with Crippen LogP contribution in [0.5, 0.6) is 0 Å². The molecule has 0 atom stereocenters. The molecule has 0 aromatic heterocycles. The molecule has 0 saturated heterocycles. The summed E-state index contributed by atoms with van der Waals surface area (Å²) in [6, 6.07) is 0.526. The van der Waals surface area contributed by atoms with Crippen LogP contribution in [0.1, 0.15) is 38.5 Å². The largest absolute Gasteiger partial charge is 0.468 e. The van der Waals surface area contributed by atoms with E-state index in [1.165, 1.54) is 20.0 Å². The fraction of sp³-hybridized carbons (Fsp3) is 0.917. The number of nitrogens with one attached hydrogen (secondary N) is 1. The second kappa shape index (κ2) is 4.72. The van der Waals surface area contributed by atoms with Crippen molar-refractivity contribution in [3.05, 3.63) is 0 Å². The zero-order valence-electron chi connectivity index (χ0n) is 10.1. The molecule has 0 aromatic carbocycles. The number of rotatable bonds is 4. The van der Waals surface area contributed by atoms with Crippen LogP contribution in [-0.2, 0) is 14.3 Å². The van der Waals surface area contributed by atoms with Gasteiger partial charge in [-0.3, -0.25) is 10.1 Å². The van der Waals surface area contributed by atoms with Gasteiger partial charge in [0.2, 0.25) is 0 Å². The van der Waals surface area contributed by atoms with Crippen molar-refractivity contribution in [1.29, 1.82) is 0 Å². The van der Waals surface area contributed by atoms with Crippen LogP contribution in [0.4, 0.5) is 0 Å². The van der Waals surface area contributed by atoms with Crippen molar-refractivity contribution in [2.24, 2.45) is 0 Å². The summed E-state index contributed by atoms with van der Waals surface area (Å²) in [7, 11) is 3.21. The highest BCUT2D eigenvalue weighted by molar-refractivity contribution is 5.81. The molecule has 0 amide bonds. The lowest BCUT2D eigenvalue weighted by Gasteiger charge is -2.38. The lowest BCUT2D eigenvalue weighted by Crippen LogP contribution is -2.56. The SMILES string of the molecule is COC(=O)C1(NC2CC2)CCC(OC)CC1. The van der Waals surface area contributed by atoms with Crippen molar-refractivity contribution in [3.8, 4) is 0 Å². The Morgan fingerprint density at radius 1 is 1.19 bits per heavy atom. The molecule has 2 aliphatic rings. The van der Waals surface area contributed by atoms with Crippen molar-refractivity contribution in [2.75, 3.05) is 14.2 Å². The number of carbonyl (C=O) groups excluding carboxylic acids is 1. The molecular formula is C12H21NO3. The third-order valence-electron chi connectivity index (χ3n) is 3.75. The van der Waals surface area contributed by atoms with Gasteiger partial charge in [0, 0.05) is 13.2 Å². The average molecular weight is 227 g/mol. The average Bonchev–Trinajstić information content (AvgIpc) is 3.12. The number of methoxy groups -OCH3 is 2. The van der Waals surface area contributed by atoms with Gasteiger partial charge in [0.25, 0.3) is 0 Å². The minimum Gasteiger partial charge on any atom is -0.468 e. The van der Waals surface area contributed by atoms with Gasteiger partial charge < -0.3 is 9.47 Å². The molecule has 0 aliphatic heterocycles. The van der Waals surface area contributed by atoms with E-state index in [0.29, 0.717) is 12.1 Å². The highest BCUT2D eigenvalue weighted by Gasteiger charge is 2.45. The maximum Gasteiger partial charge on any atom is 0.326 e. The van der Waals surface area contributed by atoms with E-state index in [9.17, 15) is 4.79 Å². The fourth-order valence-corrected chi connectivity index (χ4v) is 2.54. The van der Waals surface area contributed by atoms with Gasteiger partial charge in [-0.05, 0) is 38.5 Å². The number of carbonyl (C=O) groups is 1. The van der Waals surface area contributed by atoms with Gasteiger partial charge in [0.15, 0.2) is 0 Å². The van der Waals surface area contributed by atoms with E-state index in [1.54, 1.807) is 7.11 Å². The van der Waals surface area contributed by atoms with E-state index in [1.807, 2.05) is 0 Å². The topological polar surface area (TPSA) is 47.6 Å². The Labute approximate surface area is 96.7 Å². The number of ether oxygens (including phenoxy) is 2. The molecule has 2 aliphatic carbocycles. The standard InChI is InChI=1S/C12H21NO3/c1-15-10-5-7-12(8-6-10,11(14)16-2)13-9-3-4-9/h9-10,13H,3-8H2,1-2H3. The second-order valence-electron chi connectivity index (χ2n) is 4.93. The van der Waals surface area contributed by atoms with Crippen LogP contribution in [-0.4, -0.2) is 37.9 Å². The van der Waals surface area contributed by atoms with Crippen molar-refractivity contribution in [3.63, 3.8) is 0 Å². The molecule has 2 rings (SSSR count). The lowest BCUT2D eigenvalue weighted by atomic mass is 9.80. The van der Waals surface area contributed by atoms with Crippen molar-refractivity contribution >= 4 is 5.97 Å². The molecule has 0 unspecified atom stereocenters. The highest BCUT2D eigenvalue weighted by atomic mass is 16.5. The summed E-state index contributed by atoms with van der Waals surface area (Å²) in [5.74, 6) is -0.103. The monoisotopic (exact) mass is 227 g/mol. The summed E-state index contributed by atoms with van der Waals surface area (Å²) in [6.07, 6.45) is 6.21. The van der Waals surface area contributed by atoms with Gasteiger partial charge in [0.05, 0.1) is 13.2 Å².